The van der Waals surface area contributed by atoms with Gasteiger partial charge in [-0.25, -0.2) is 0 Å². The number of fused-ring (bicyclic) bond motifs is 2. The lowest BCUT2D eigenvalue weighted by Crippen LogP contribution is -2.25. The molecule has 3 aromatic carbocycles. The fraction of sp³-hybridized carbons (Fsp3) is 0.200. The first-order chi connectivity index (χ1) is 15.9. The highest BCUT2D eigenvalue weighted by Crippen LogP contribution is 2.40. The maximum atomic E-state index is 13.4. The molecule has 0 bridgehead atoms. The molecule has 9 heteroatoms. The van der Waals surface area contributed by atoms with E-state index in [4.69, 9.17) is 4.55 Å². The zero-order valence-electron chi connectivity index (χ0n) is 19.2. The topological polar surface area (TPSA) is 133 Å². The highest BCUT2D eigenvalue weighted by Gasteiger charge is 2.36. The number of anilines is 3. The Kier molecular flexibility index (Phi) is 7.09. The van der Waals surface area contributed by atoms with Gasteiger partial charge in [0.15, 0.2) is 11.6 Å². The largest absolute Gasteiger partial charge is 0.507 e. The van der Waals surface area contributed by atoms with Crippen molar-refractivity contribution >= 4 is 38.7 Å². The van der Waals surface area contributed by atoms with Crippen LogP contribution in [0.25, 0.3) is 0 Å². The second-order valence-corrected chi connectivity index (χ2v) is 9.76. The van der Waals surface area contributed by atoms with Crippen LogP contribution in [0.2, 0.25) is 0 Å². The average molecular weight is 483 g/mol. The third-order valence-electron chi connectivity index (χ3n) is 4.95. The van der Waals surface area contributed by atoms with Crippen LogP contribution in [0.3, 0.4) is 0 Å². The number of hydrogen-bond acceptors (Lipinski definition) is 7. The van der Waals surface area contributed by atoms with E-state index in [1.165, 1.54) is 6.07 Å². The van der Waals surface area contributed by atoms with Crippen LogP contribution in [-0.4, -0.2) is 41.9 Å². The number of ketones is 2. The smallest absolute Gasteiger partial charge is 0.261 e. The van der Waals surface area contributed by atoms with Gasteiger partial charge in [0.05, 0.1) is 28.6 Å². The maximum absolute atomic E-state index is 13.4. The molecule has 0 atom stereocenters. The lowest BCUT2D eigenvalue weighted by atomic mass is 9.81. The Morgan fingerprint density at radius 1 is 0.824 bits per heavy atom. The van der Waals surface area contributed by atoms with E-state index < -0.39 is 10.1 Å². The van der Waals surface area contributed by atoms with E-state index >= 15 is 0 Å². The number of rotatable bonds is 4. The molecule has 0 spiro atoms. The number of nitrogens with one attached hydrogen (secondary N) is 2. The van der Waals surface area contributed by atoms with Gasteiger partial charge in [-0.1, -0.05) is 29.8 Å². The Hall–Kier alpha value is -3.69. The molecule has 1 aliphatic rings. The number of phenols is 1. The molecule has 0 aromatic heterocycles. The van der Waals surface area contributed by atoms with E-state index in [9.17, 15) is 23.1 Å². The summed E-state index contributed by atoms with van der Waals surface area (Å²) >= 11 is 0. The second-order valence-electron chi connectivity index (χ2n) is 8.29. The van der Waals surface area contributed by atoms with Gasteiger partial charge in [0.2, 0.25) is 0 Å². The Bertz CT molecular complexity index is 1350. The van der Waals surface area contributed by atoms with Crippen molar-refractivity contribution in [2.45, 2.75) is 26.8 Å². The van der Waals surface area contributed by atoms with Gasteiger partial charge >= 0.3 is 0 Å². The summed E-state index contributed by atoms with van der Waals surface area (Å²) in [5, 5.41) is 16.8. The number of carbonyl (C=O) groups is 2. The van der Waals surface area contributed by atoms with E-state index in [2.05, 4.69) is 10.6 Å². The van der Waals surface area contributed by atoms with Gasteiger partial charge in [-0.05, 0) is 51.1 Å². The van der Waals surface area contributed by atoms with Crippen molar-refractivity contribution in [3.63, 3.8) is 0 Å². The minimum atomic E-state index is -3.67. The molecule has 8 nitrogen and oxygen atoms in total. The van der Waals surface area contributed by atoms with Gasteiger partial charge in [0.25, 0.3) is 10.1 Å². The monoisotopic (exact) mass is 482 g/mol. The zero-order valence-corrected chi connectivity index (χ0v) is 20.0. The molecule has 0 saturated carbocycles. The number of benzene rings is 3. The number of phenolic OH excluding ortho intramolecular Hbond substituents is 1. The van der Waals surface area contributed by atoms with Crippen molar-refractivity contribution in [3.8, 4) is 5.75 Å². The predicted molar refractivity (Wildman–Crippen MR) is 132 cm³/mol. The molecule has 0 saturated heterocycles. The van der Waals surface area contributed by atoms with Gasteiger partial charge in [0.1, 0.15) is 5.75 Å². The van der Waals surface area contributed by atoms with E-state index in [0.29, 0.717) is 23.2 Å². The highest BCUT2D eigenvalue weighted by molar-refractivity contribution is 7.85. The van der Waals surface area contributed by atoms with Gasteiger partial charge in [0, 0.05) is 23.0 Å². The van der Waals surface area contributed by atoms with Crippen LogP contribution >= 0.6 is 0 Å². The molecule has 1 aliphatic carbocycles. The summed E-state index contributed by atoms with van der Waals surface area (Å²) in [6, 6.07) is 16.1. The molecule has 0 radical (unpaired) electrons. The van der Waals surface area contributed by atoms with Crippen molar-refractivity contribution < 1.29 is 27.7 Å². The first-order valence-electron chi connectivity index (χ1n) is 10.5. The lowest BCUT2D eigenvalue weighted by molar-refractivity contribution is 0.0978. The summed E-state index contributed by atoms with van der Waals surface area (Å²) in [6.07, 6.45) is 0.715. The molecule has 0 fully saturated rings. The van der Waals surface area contributed by atoms with Crippen molar-refractivity contribution in [1.29, 1.82) is 0 Å². The summed E-state index contributed by atoms with van der Waals surface area (Å²) in [6.45, 7) is 5.94. The van der Waals surface area contributed by atoms with Crippen LogP contribution < -0.4 is 10.6 Å². The highest BCUT2D eigenvalue weighted by atomic mass is 32.2. The summed E-state index contributed by atoms with van der Waals surface area (Å²) in [5.41, 5.74) is 3.96. The van der Waals surface area contributed by atoms with Crippen LogP contribution in [-0.2, 0) is 10.1 Å². The fourth-order valence-electron chi connectivity index (χ4n) is 3.63. The van der Waals surface area contributed by atoms with Crippen LogP contribution in [0, 0.1) is 6.92 Å². The van der Waals surface area contributed by atoms with E-state index in [1.807, 2.05) is 51.1 Å². The summed E-state index contributed by atoms with van der Waals surface area (Å²) < 4.78 is 25.9. The zero-order chi connectivity index (χ0) is 25.2. The molecule has 0 aliphatic heterocycles. The molecule has 4 N–H and O–H groups in total. The summed E-state index contributed by atoms with van der Waals surface area (Å²) in [7, 11) is -3.67. The van der Waals surface area contributed by atoms with Gasteiger partial charge in [-0.3, -0.25) is 14.1 Å². The molecule has 0 unspecified atom stereocenters. The standard InChI is InChI=1S/C24H22N2O3.CH4O3S/c1-13(2)25-17-11-12-18(26-15-9-7-14(3)8-10-15)22-21(17)23(28)16-5-4-6-19(27)20(16)24(22)29;1-5(2,3)4/h4-13,25-27H,1-3H3;1H3,(H,2,3,4). The Morgan fingerprint density at radius 2 is 1.38 bits per heavy atom. The predicted octanol–water partition coefficient (Wildman–Crippen LogP) is 4.54. The van der Waals surface area contributed by atoms with Crippen molar-refractivity contribution in [2.24, 2.45) is 0 Å². The van der Waals surface area contributed by atoms with E-state index in [1.54, 1.807) is 18.2 Å². The van der Waals surface area contributed by atoms with Crippen molar-refractivity contribution in [2.75, 3.05) is 16.9 Å². The van der Waals surface area contributed by atoms with Gasteiger partial charge in [-0.2, -0.15) is 8.42 Å². The quantitative estimate of drug-likeness (QED) is 0.312. The molecule has 0 heterocycles. The molecule has 4 rings (SSSR count). The van der Waals surface area contributed by atoms with Crippen molar-refractivity contribution in [3.05, 3.63) is 82.4 Å². The molecule has 0 amide bonds. The average Bonchev–Trinajstić information content (AvgIpc) is 2.73. The van der Waals surface area contributed by atoms with Gasteiger partial charge in [-0.15, -0.1) is 0 Å². The third-order valence-corrected chi connectivity index (χ3v) is 4.95. The third kappa shape index (κ3) is 5.62. The molecule has 34 heavy (non-hydrogen) atoms. The van der Waals surface area contributed by atoms with Crippen LogP contribution in [0.1, 0.15) is 51.3 Å². The van der Waals surface area contributed by atoms with Crippen molar-refractivity contribution in [1.82, 2.24) is 0 Å². The lowest BCUT2D eigenvalue weighted by Gasteiger charge is -2.25. The molecular weight excluding hydrogens is 456 g/mol. The fourth-order valence-corrected chi connectivity index (χ4v) is 3.63. The molecule has 3 aromatic rings. The first-order valence-corrected chi connectivity index (χ1v) is 12.3. The minimum Gasteiger partial charge on any atom is -0.507 e. The van der Waals surface area contributed by atoms with Gasteiger partial charge < -0.3 is 15.7 Å². The maximum Gasteiger partial charge on any atom is 0.261 e. The van der Waals surface area contributed by atoms with E-state index in [-0.39, 0.29) is 40.0 Å². The van der Waals surface area contributed by atoms with E-state index in [0.717, 1.165) is 11.3 Å². The molecule has 178 valence electrons. The first kappa shape index (κ1) is 24.9. The Balaban J connectivity index is 0.000000588. The Morgan fingerprint density at radius 3 is 1.97 bits per heavy atom. The van der Waals surface area contributed by atoms with Crippen LogP contribution in [0.4, 0.5) is 17.1 Å². The SMILES string of the molecule is CS(=O)(=O)O.Cc1ccc(Nc2ccc(NC(C)C)c3c2C(=O)c2c(O)cccc2C3=O)cc1. The number of aromatic hydroxyl groups is 1. The minimum absolute atomic E-state index is 0.0543. The summed E-state index contributed by atoms with van der Waals surface area (Å²) in [4.78, 5) is 26.7. The van der Waals surface area contributed by atoms with Crippen LogP contribution in [0.15, 0.2) is 54.6 Å². The molecular formula is C25H26N2O6S. The van der Waals surface area contributed by atoms with Crippen LogP contribution in [0.5, 0.6) is 5.75 Å². The second kappa shape index (κ2) is 9.66. The number of aryl methyl sites for hydroxylation is 1. The Labute approximate surface area is 198 Å². The number of carbonyl (C=O) groups excluding carboxylic acids is 2. The summed E-state index contributed by atoms with van der Waals surface area (Å²) in [5.74, 6) is -0.828. The number of hydrogen-bond donors (Lipinski definition) is 4. The normalized spacial score (nSPS) is 12.4.